The molecule has 0 saturated carbocycles. The summed E-state index contributed by atoms with van der Waals surface area (Å²) in [4.78, 5) is 4.78. The normalized spacial score (nSPS) is 21.3. The van der Waals surface area contributed by atoms with Gasteiger partial charge in [-0.2, -0.15) is 6.07 Å². The van der Waals surface area contributed by atoms with Crippen LogP contribution in [0.3, 0.4) is 0 Å². The maximum absolute atomic E-state index is 4.78. The van der Waals surface area contributed by atoms with Crippen LogP contribution in [-0.4, -0.2) is 4.98 Å². The molecule has 2 aliphatic rings. The molecule has 15 heavy (non-hydrogen) atoms. The molecule has 0 fully saturated rings. The Hall–Kier alpha value is 0.254. The predicted octanol–water partition coefficient (Wildman–Crippen LogP) is 2.87. The predicted molar refractivity (Wildman–Crippen MR) is 58.2 cm³/mol. The van der Waals surface area contributed by atoms with E-state index in [2.05, 4.69) is 13.0 Å². The van der Waals surface area contributed by atoms with Crippen LogP contribution in [0.15, 0.2) is 0 Å². The fourth-order valence-electron chi connectivity index (χ4n) is 2.54. The molecule has 0 spiro atoms. The van der Waals surface area contributed by atoms with Gasteiger partial charge >= 0.3 is 0 Å². The maximum Gasteiger partial charge on any atom is 0 e. The van der Waals surface area contributed by atoms with Gasteiger partial charge in [0.05, 0.1) is 0 Å². The Morgan fingerprint density at radius 2 is 2.00 bits per heavy atom. The van der Waals surface area contributed by atoms with Crippen molar-refractivity contribution < 1.29 is 32.7 Å². The second-order valence-electron chi connectivity index (χ2n) is 4.32. The molecular formula is C13H17NY-2. The maximum atomic E-state index is 4.78. The standard InChI is InChI=1S/C12H14N.CH3.Y/c1-8-5-6-10-7-9-3-2-4-11(9)13-12(8)10;;/h8H,2-6H2,1H3;1H3;/q2*-1;. The Bertz CT molecular complexity index is 360. The molecule has 1 nitrogen and oxygen atoms in total. The van der Waals surface area contributed by atoms with Gasteiger partial charge in [0.25, 0.3) is 0 Å². The molecular weight excluding hydrogens is 259 g/mol. The van der Waals surface area contributed by atoms with Gasteiger partial charge in [0, 0.05) is 32.7 Å². The van der Waals surface area contributed by atoms with Crippen LogP contribution in [0.1, 0.15) is 48.2 Å². The van der Waals surface area contributed by atoms with Crippen LogP contribution in [0.5, 0.6) is 0 Å². The van der Waals surface area contributed by atoms with Crippen LogP contribution in [0.25, 0.3) is 0 Å². The van der Waals surface area contributed by atoms with Crippen LogP contribution < -0.4 is 0 Å². The van der Waals surface area contributed by atoms with E-state index in [9.17, 15) is 0 Å². The molecule has 3 rings (SSSR count). The average Bonchev–Trinajstić information content (AvgIpc) is 2.70. The van der Waals surface area contributed by atoms with Gasteiger partial charge in [-0.25, -0.2) is 0 Å². The van der Waals surface area contributed by atoms with E-state index in [0.717, 1.165) is 0 Å². The molecule has 0 N–H and O–H groups in total. The second kappa shape index (κ2) is 5.06. The molecule has 79 valence electrons. The minimum atomic E-state index is 0. The van der Waals surface area contributed by atoms with Crippen LogP contribution in [0.4, 0.5) is 0 Å². The van der Waals surface area contributed by atoms with E-state index >= 15 is 0 Å². The third-order valence-corrected chi connectivity index (χ3v) is 3.35. The Balaban J connectivity index is 0.000000562. The zero-order chi connectivity index (χ0) is 8.84. The van der Waals surface area contributed by atoms with E-state index in [1.165, 1.54) is 54.6 Å². The van der Waals surface area contributed by atoms with Crippen LogP contribution >= 0.6 is 0 Å². The summed E-state index contributed by atoms with van der Waals surface area (Å²) in [5.41, 5.74) is 5.51. The van der Waals surface area contributed by atoms with Crippen molar-refractivity contribution in [3.63, 3.8) is 0 Å². The molecule has 1 atom stereocenters. The molecule has 1 unspecified atom stereocenters. The van der Waals surface area contributed by atoms with Gasteiger partial charge in [0.1, 0.15) is 0 Å². The van der Waals surface area contributed by atoms with Gasteiger partial charge in [-0.1, -0.05) is 37.6 Å². The van der Waals surface area contributed by atoms with Crippen molar-refractivity contribution in [1.82, 2.24) is 4.98 Å². The molecule has 0 amide bonds. The minimum Gasteiger partial charge on any atom is -0.383 e. The van der Waals surface area contributed by atoms with Crippen LogP contribution in [-0.2, 0) is 52.0 Å². The first-order chi connectivity index (χ1) is 6.34. The van der Waals surface area contributed by atoms with Crippen molar-refractivity contribution in [1.29, 1.82) is 0 Å². The molecule has 0 aliphatic heterocycles. The van der Waals surface area contributed by atoms with E-state index in [1.807, 2.05) is 0 Å². The van der Waals surface area contributed by atoms with Gasteiger partial charge in [0.15, 0.2) is 0 Å². The quantitative estimate of drug-likeness (QED) is 0.664. The van der Waals surface area contributed by atoms with E-state index in [0.29, 0.717) is 5.92 Å². The van der Waals surface area contributed by atoms with E-state index < -0.39 is 0 Å². The van der Waals surface area contributed by atoms with E-state index in [4.69, 9.17) is 4.98 Å². The topological polar surface area (TPSA) is 12.9 Å². The summed E-state index contributed by atoms with van der Waals surface area (Å²) in [6, 6.07) is 3.57. The van der Waals surface area contributed by atoms with Gasteiger partial charge in [-0.05, 0) is 18.8 Å². The third kappa shape index (κ3) is 2.19. The summed E-state index contributed by atoms with van der Waals surface area (Å²) in [5.74, 6) is 0.678. The number of pyridine rings is 1. The Morgan fingerprint density at radius 3 is 2.80 bits per heavy atom. The molecule has 1 heterocycles. The smallest absolute Gasteiger partial charge is 0 e. The van der Waals surface area contributed by atoms with Gasteiger partial charge in [0.2, 0.25) is 0 Å². The molecule has 0 aromatic carbocycles. The van der Waals surface area contributed by atoms with Crippen molar-refractivity contribution in [2.75, 3.05) is 0 Å². The monoisotopic (exact) mass is 276 g/mol. The van der Waals surface area contributed by atoms with Gasteiger partial charge in [-0.3, -0.25) is 0 Å². The van der Waals surface area contributed by atoms with Gasteiger partial charge < -0.3 is 12.4 Å². The zero-order valence-corrected chi connectivity index (χ0v) is 12.5. The molecule has 2 heteroatoms. The number of aromatic nitrogens is 1. The zero-order valence-electron chi connectivity index (χ0n) is 9.64. The first kappa shape index (κ1) is 13.3. The molecule has 0 bridgehead atoms. The van der Waals surface area contributed by atoms with Gasteiger partial charge in [-0.15, -0.1) is 11.1 Å². The number of aryl methyl sites for hydroxylation is 3. The van der Waals surface area contributed by atoms with Crippen LogP contribution in [0, 0.1) is 13.5 Å². The number of hydrogen-bond donors (Lipinski definition) is 0. The molecule has 0 saturated heterocycles. The molecule has 1 aromatic rings. The third-order valence-electron chi connectivity index (χ3n) is 3.35. The number of hydrogen-bond acceptors (Lipinski definition) is 1. The van der Waals surface area contributed by atoms with E-state index in [1.54, 1.807) is 0 Å². The first-order valence-corrected chi connectivity index (χ1v) is 5.28. The SMILES string of the molecule is CC1CCc2[c-]c3c(nc21)CCC3.[CH3-].[Y]. The molecule has 2 aliphatic carbocycles. The Kier molecular flexibility index (Phi) is 4.49. The van der Waals surface area contributed by atoms with Crippen molar-refractivity contribution in [3.05, 3.63) is 36.0 Å². The molecule has 1 radical (unpaired) electrons. The average molecular weight is 276 g/mol. The number of rotatable bonds is 0. The number of fused-ring (bicyclic) bond motifs is 2. The van der Waals surface area contributed by atoms with E-state index in [-0.39, 0.29) is 40.1 Å². The number of nitrogens with zero attached hydrogens (tertiary/aromatic N) is 1. The fraction of sp³-hybridized carbons (Fsp3) is 0.538. The van der Waals surface area contributed by atoms with Crippen LogP contribution in [0.2, 0.25) is 0 Å². The van der Waals surface area contributed by atoms with Crippen molar-refractivity contribution in [3.8, 4) is 0 Å². The van der Waals surface area contributed by atoms with Crippen molar-refractivity contribution in [2.24, 2.45) is 0 Å². The fourth-order valence-corrected chi connectivity index (χ4v) is 2.54. The summed E-state index contributed by atoms with van der Waals surface area (Å²) in [7, 11) is 0. The Labute approximate surface area is 118 Å². The summed E-state index contributed by atoms with van der Waals surface area (Å²) in [5, 5.41) is 0. The summed E-state index contributed by atoms with van der Waals surface area (Å²) >= 11 is 0. The minimum absolute atomic E-state index is 0. The van der Waals surface area contributed by atoms with Crippen molar-refractivity contribution in [2.45, 2.75) is 44.9 Å². The molecule has 1 aromatic heterocycles. The summed E-state index contributed by atoms with van der Waals surface area (Å²) in [6.45, 7) is 2.29. The first-order valence-electron chi connectivity index (χ1n) is 5.28. The Morgan fingerprint density at radius 1 is 1.20 bits per heavy atom. The van der Waals surface area contributed by atoms with Crippen molar-refractivity contribution >= 4 is 0 Å². The summed E-state index contributed by atoms with van der Waals surface area (Å²) in [6.07, 6.45) is 6.17. The second-order valence-corrected chi connectivity index (χ2v) is 4.32. The summed E-state index contributed by atoms with van der Waals surface area (Å²) < 4.78 is 0. The largest absolute Gasteiger partial charge is 0.383 e.